The molecule has 0 radical (unpaired) electrons. The lowest BCUT2D eigenvalue weighted by Gasteiger charge is -2.31. The van der Waals surface area contributed by atoms with Crippen LogP contribution in [0.1, 0.15) is 42.7 Å². The second-order valence-corrected chi connectivity index (χ2v) is 5.97. The van der Waals surface area contributed by atoms with Crippen LogP contribution in [0.25, 0.3) is 0 Å². The fraction of sp³-hybridized carbons (Fsp3) is 0.588. The van der Waals surface area contributed by atoms with E-state index < -0.39 is 0 Å². The number of hydrogen-bond acceptors (Lipinski definition) is 4. The largest absolute Gasteiger partial charge is 0.462 e. The van der Waals surface area contributed by atoms with Crippen LogP contribution in [0.4, 0.5) is 0 Å². The Morgan fingerprint density at radius 2 is 2.05 bits per heavy atom. The molecule has 0 amide bonds. The highest BCUT2D eigenvalue weighted by atomic mass is 16.5. The van der Waals surface area contributed by atoms with Crippen molar-refractivity contribution in [3.05, 3.63) is 35.4 Å². The van der Waals surface area contributed by atoms with Gasteiger partial charge in [0.1, 0.15) is 6.10 Å². The first-order chi connectivity index (χ1) is 10.3. The van der Waals surface area contributed by atoms with Crippen LogP contribution in [0.5, 0.6) is 0 Å². The molecule has 1 aliphatic carbocycles. The Labute approximate surface area is 125 Å². The van der Waals surface area contributed by atoms with Crippen LogP contribution in [0, 0.1) is 0 Å². The number of esters is 1. The van der Waals surface area contributed by atoms with Gasteiger partial charge < -0.3 is 14.8 Å². The minimum Gasteiger partial charge on any atom is -0.462 e. The minimum atomic E-state index is -0.183. The molecule has 1 aliphatic heterocycles. The zero-order valence-corrected chi connectivity index (χ0v) is 12.5. The van der Waals surface area contributed by atoms with Gasteiger partial charge in [-0.3, -0.25) is 4.79 Å². The summed E-state index contributed by atoms with van der Waals surface area (Å²) in [5, 5.41) is 3.30. The number of carbonyl (C=O) groups is 1. The summed E-state index contributed by atoms with van der Waals surface area (Å²) in [6, 6.07) is 8.12. The third-order valence-electron chi connectivity index (χ3n) is 4.57. The molecule has 0 bridgehead atoms. The van der Waals surface area contributed by atoms with Crippen LogP contribution in [-0.4, -0.2) is 31.8 Å². The van der Waals surface area contributed by atoms with Crippen molar-refractivity contribution in [3.8, 4) is 0 Å². The maximum atomic E-state index is 12.5. The van der Waals surface area contributed by atoms with E-state index >= 15 is 0 Å². The lowest BCUT2D eigenvalue weighted by molar-refractivity contribution is -0.154. The Kier molecular flexibility index (Phi) is 4.56. The Morgan fingerprint density at radius 3 is 2.90 bits per heavy atom. The van der Waals surface area contributed by atoms with Crippen LogP contribution >= 0.6 is 0 Å². The van der Waals surface area contributed by atoms with E-state index in [0.717, 1.165) is 37.8 Å². The fourth-order valence-electron chi connectivity index (χ4n) is 3.38. The molecule has 21 heavy (non-hydrogen) atoms. The number of methoxy groups -OCH3 is 1. The van der Waals surface area contributed by atoms with E-state index in [1.807, 2.05) is 18.2 Å². The average Bonchev–Trinajstić information content (AvgIpc) is 2.54. The first-order valence-corrected chi connectivity index (χ1v) is 7.79. The quantitative estimate of drug-likeness (QED) is 0.868. The van der Waals surface area contributed by atoms with E-state index in [1.54, 1.807) is 7.11 Å². The van der Waals surface area contributed by atoms with Crippen molar-refractivity contribution in [2.75, 3.05) is 13.7 Å². The van der Waals surface area contributed by atoms with E-state index in [2.05, 4.69) is 11.4 Å². The molecule has 3 rings (SSSR count). The highest BCUT2D eigenvalue weighted by molar-refractivity contribution is 5.79. The lowest BCUT2D eigenvalue weighted by atomic mass is 9.90. The summed E-state index contributed by atoms with van der Waals surface area (Å²) in [4.78, 5) is 12.5. The topological polar surface area (TPSA) is 47.6 Å². The molecule has 0 aromatic heterocycles. The van der Waals surface area contributed by atoms with Crippen molar-refractivity contribution in [1.82, 2.24) is 5.32 Å². The second-order valence-electron chi connectivity index (χ2n) is 5.97. The molecule has 0 saturated heterocycles. The van der Waals surface area contributed by atoms with Gasteiger partial charge in [0, 0.05) is 26.6 Å². The van der Waals surface area contributed by atoms with Crippen molar-refractivity contribution >= 4 is 5.97 Å². The summed E-state index contributed by atoms with van der Waals surface area (Å²) in [5.41, 5.74) is 2.31. The van der Waals surface area contributed by atoms with Gasteiger partial charge in [0.05, 0.1) is 12.0 Å². The van der Waals surface area contributed by atoms with E-state index in [0.29, 0.717) is 6.54 Å². The Bertz CT molecular complexity index is 503. The van der Waals surface area contributed by atoms with Crippen LogP contribution < -0.4 is 5.32 Å². The normalized spacial score (nSPS) is 28.7. The number of rotatable bonds is 3. The molecule has 4 heteroatoms. The zero-order valence-electron chi connectivity index (χ0n) is 12.5. The number of carbonyl (C=O) groups excluding carboxylic acids is 1. The fourth-order valence-corrected chi connectivity index (χ4v) is 3.38. The average molecular weight is 289 g/mol. The van der Waals surface area contributed by atoms with E-state index in [1.165, 1.54) is 5.56 Å². The van der Waals surface area contributed by atoms with Gasteiger partial charge in [0.25, 0.3) is 0 Å². The third kappa shape index (κ3) is 3.27. The van der Waals surface area contributed by atoms with Crippen LogP contribution in [0.2, 0.25) is 0 Å². The number of ether oxygens (including phenoxy) is 2. The van der Waals surface area contributed by atoms with Crippen LogP contribution in [-0.2, 0) is 20.8 Å². The van der Waals surface area contributed by atoms with Gasteiger partial charge in [-0.05, 0) is 30.4 Å². The maximum Gasteiger partial charge on any atom is 0.315 e. The number of nitrogens with one attached hydrogen (secondary N) is 1. The van der Waals surface area contributed by atoms with E-state index in [-0.39, 0.29) is 24.1 Å². The van der Waals surface area contributed by atoms with Gasteiger partial charge in [-0.1, -0.05) is 24.3 Å². The molecule has 3 atom stereocenters. The van der Waals surface area contributed by atoms with Gasteiger partial charge in [0.2, 0.25) is 0 Å². The monoisotopic (exact) mass is 289 g/mol. The molecule has 1 aromatic rings. The molecule has 1 saturated carbocycles. The third-order valence-corrected chi connectivity index (χ3v) is 4.57. The summed E-state index contributed by atoms with van der Waals surface area (Å²) >= 11 is 0. The van der Waals surface area contributed by atoms with Crippen molar-refractivity contribution < 1.29 is 14.3 Å². The van der Waals surface area contributed by atoms with Gasteiger partial charge >= 0.3 is 5.97 Å². The smallest absolute Gasteiger partial charge is 0.315 e. The predicted octanol–water partition coefficient (Wildman–Crippen LogP) is 2.37. The summed E-state index contributed by atoms with van der Waals surface area (Å²) < 4.78 is 11.2. The van der Waals surface area contributed by atoms with Crippen molar-refractivity contribution in [2.45, 2.75) is 50.4 Å². The molecule has 2 aliphatic rings. The number of fused-ring (bicyclic) bond motifs is 1. The molecule has 1 heterocycles. The highest BCUT2D eigenvalue weighted by Crippen LogP contribution is 2.28. The number of hydrogen-bond donors (Lipinski definition) is 1. The first-order valence-electron chi connectivity index (χ1n) is 7.79. The molecule has 1 N–H and O–H groups in total. The van der Waals surface area contributed by atoms with Gasteiger partial charge in [-0.15, -0.1) is 0 Å². The lowest BCUT2D eigenvalue weighted by Crippen LogP contribution is -2.36. The highest BCUT2D eigenvalue weighted by Gasteiger charge is 2.31. The van der Waals surface area contributed by atoms with Crippen molar-refractivity contribution in [1.29, 1.82) is 0 Å². The summed E-state index contributed by atoms with van der Waals surface area (Å²) in [6.45, 7) is 1.49. The predicted molar refractivity (Wildman–Crippen MR) is 80.0 cm³/mol. The molecular formula is C17H23NO3. The molecule has 4 nitrogen and oxygen atoms in total. The van der Waals surface area contributed by atoms with Crippen LogP contribution in [0.15, 0.2) is 24.3 Å². The summed E-state index contributed by atoms with van der Waals surface area (Å²) in [7, 11) is 1.73. The summed E-state index contributed by atoms with van der Waals surface area (Å²) in [5.74, 6) is -0.283. The van der Waals surface area contributed by atoms with Crippen molar-refractivity contribution in [3.63, 3.8) is 0 Å². The molecule has 0 spiro atoms. The van der Waals surface area contributed by atoms with E-state index in [9.17, 15) is 4.79 Å². The van der Waals surface area contributed by atoms with Gasteiger partial charge in [0.15, 0.2) is 0 Å². The Balaban J connectivity index is 1.66. The maximum absolute atomic E-state index is 12.5. The standard InChI is InChI=1S/C17H23NO3/c1-20-13-6-4-7-14(9-13)21-17(19)16-11-18-10-12-5-2-3-8-15(12)16/h2-3,5,8,13-14,16,18H,4,6-7,9-11H2,1H3. The first kappa shape index (κ1) is 14.5. The molecular weight excluding hydrogens is 266 g/mol. The molecule has 1 aromatic carbocycles. The van der Waals surface area contributed by atoms with Crippen LogP contribution in [0.3, 0.4) is 0 Å². The van der Waals surface area contributed by atoms with E-state index in [4.69, 9.17) is 9.47 Å². The number of benzene rings is 1. The SMILES string of the molecule is COC1CCCC(OC(=O)C2CNCc3ccccc32)C1. The summed E-state index contributed by atoms with van der Waals surface area (Å²) in [6.07, 6.45) is 4.14. The Morgan fingerprint density at radius 1 is 1.24 bits per heavy atom. The molecule has 1 fully saturated rings. The van der Waals surface area contributed by atoms with Gasteiger partial charge in [-0.2, -0.15) is 0 Å². The molecule has 3 unspecified atom stereocenters. The zero-order chi connectivity index (χ0) is 14.7. The Hall–Kier alpha value is -1.39. The minimum absolute atomic E-state index is 0.00490. The van der Waals surface area contributed by atoms with Gasteiger partial charge in [-0.25, -0.2) is 0 Å². The molecule has 114 valence electrons. The second kappa shape index (κ2) is 6.58. The van der Waals surface area contributed by atoms with Crippen molar-refractivity contribution in [2.24, 2.45) is 0 Å².